The number of halogens is 1. The molecule has 1 nitrogen and oxygen atoms in total. The summed E-state index contributed by atoms with van der Waals surface area (Å²) < 4.78 is 21.6. The fraction of sp³-hybridized carbons (Fsp3) is 0.438. The molecule has 0 heterocycles. The van der Waals surface area contributed by atoms with E-state index < -0.39 is 18.4 Å². The molecule has 0 aliphatic rings. The third-order valence-corrected chi connectivity index (χ3v) is 23.0. The Morgan fingerprint density at radius 3 is 1.43 bits per heavy atom. The van der Waals surface area contributed by atoms with Gasteiger partial charge in [-0.3, -0.25) is 0 Å². The number of hydrogen-bond donors (Lipinski definition) is 0. The van der Waals surface area contributed by atoms with Crippen LogP contribution in [0.2, 0.25) is 13.3 Å². The van der Waals surface area contributed by atoms with Crippen molar-refractivity contribution in [3.63, 3.8) is 0 Å². The predicted octanol–water partition coefficient (Wildman–Crippen LogP) is 9.97. The molecule has 0 unspecified atom stereocenters. The number of anilines is 3. The van der Waals surface area contributed by atoms with Gasteiger partial charge in [0.25, 0.3) is 0 Å². The van der Waals surface area contributed by atoms with Crippen LogP contribution in [0.4, 0.5) is 21.5 Å². The van der Waals surface area contributed by atoms with Crippen LogP contribution in [0.3, 0.4) is 0 Å². The molecular weight excluding hydrogens is 536 g/mol. The average molecular weight is 580 g/mol. The molecule has 0 saturated carbocycles. The second-order valence-corrected chi connectivity index (χ2v) is 23.5. The van der Waals surface area contributed by atoms with Gasteiger partial charge in [0, 0.05) is 0 Å². The van der Waals surface area contributed by atoms with Crippen LogP contribution in [0.5, 0.6) is 0 Å². The molecule has 0 aliphatic heterocycles. The molecule has 0 fully saturated rings. The molecule has 0 radical (unpaired) electrons. The third kappa shape index (κ3) is 7.12. The summed E-state index contributed by atoms with van der Waals surface area (Å²) in [5.74, 6) is -0.0887. The number of nitrogens with zero attached hydrogens (tertiary/aromatic N) is 1. The van der Waals surface area contributed by atoms with Crippen LogP contribution in [-0.2, 0) is 0 Å². The van der Waals surface area contributed by atoms with Crippen LogP contribution in [0.15, 0.2) is 66.7 Å². The zero-order valence-electron chi connectivity index (χ0n) is 22.5. The van der Waals surface area contributed by atoms with E-state index in [0.29, 0.717) is 5.69 Å². The first-order valence-corrected chi connectivity index (χ1v) is 21.2. The van der Waals surface area contributed by atoms with Crippen molar-refractivity contribution in [3.05, 3.63) is 83.7 Å². The zero-order valence-corrected chi connectivity index (χ0v) is 25.4. The van der Waals surface area contributed by atoms with Gasteiger partial charge in [0.2, 0.25) is 0 Å². The monoisotopic (exact) mass is 581 g/mol. The van der Waals surface area contributed by atoms with Crippen molar-refractivity contribution >= 4 is 39.0 Å². The summed E-state index contributed by atoms with van der Waals surface area (Å²) >= 11 is -2.69. The van der Waals surface area contributed by atoms with Gasteiger partial charge in [-0.05, 0) is 0 Å². The van der Waals surface area contributed by atoms with Crippen molar-refractivity contribution in [2.45, 2.75) is 86.5 Å². The third-order valence-electron chi connectivity index (χ3n) is 7.41. The van der Waals surface area contributed by atoms with Crippen LogP contribution in [0.1, 0.15) is 70.4 Å². The summed E-state index contributed by atoms with van der Waals surface area (Å²) in [4.78, 5) is 2.07. The van der Waals surface area contributed by atoms with Crippen molar-refractivity contribution < 1.29 is 4.39 Å². The Balaban J connectivity index is 2.09. The number of hydrogen-bond acceptors (Lipinski definition) is 1. The normalized spacial score (nSPS) is 11.6. The molecule has 3 aromatic carbocycles. The summed E-state index contributed by atoms with van der Waals surface area (Å²) in [6.45, 7) is 11.1. The Labute approximate surface area is 217 Å². The molecule has 0 aliphatic carbocycles. The number of benzene rings is 3. The van der Waals surface area contributed by atoms with E-state index in [-0.39, 0.29) is 5.82 Å². The number of unbranched alkanes of at least 4 members (excludes halogenated alkanes) is 3. The van der Waals surface area contributed by atoms with Gasteiger partial charge in [-0.25, -0.2) is 0 Å². The van der Waals surface area contributed by atoms with Crippen molar-refractivity contribution in [1.82, 2.24) is 0 Å². The van der Waals surface area contributed by atoms with Crippen LogP contribution < -0.4 is 8.48 Å². The summed E-state index contributed by atoms with van der Waals surface area (Å²) in [6, 6.07) is 23.1. The maximum absolute atomic E-state index is 16.1. The molecule has 0 N–H and O–H groups in total. The Kier molecular flexibility index (Phi) is 10.7. The van der Waals surface area contributed by atoms with Gasteiger partial charge >= 0.3 is 218 Å². The zero-order chi connectivity index (χ0) is 25.3. The standard InChI is InChI=1S/C20H17FN.3C4H9.Sn/c1-15-7-11-17(12-8-15)22(18-13-9-16(2)10-14-18)20-6-4-3-5-19(20)21;3*1-3-4-2;/h4-14H,1-2H3;3*1,3-4H2,2H3;. The molecule has 0 bridgehead atoms. The number of aryl methyl sites for hydroxylation is 2. The van der Waals surface area contributed by atoms with E-state index in [1.165, 1.54) is 66.5 Å². The Morgan fingerprint density at radius 2 is 1.06 bits per heavy atom. The van der Waals surface area contributed by atoms with Gasteiger partial charge in [-0.1, -0.05) is 0 Å². The van der Waals surface area contributed by atoms with Crippen molar-refractivity contribution in [1.29, 1.82) is 0 Å². The van der Waals surface area contributed by atoms with Gasteiger partial charge in [0.05, 0.1) is 0 Å². The van der Waals surface area contributed by atoms with Crippen molar-refractivity contribution in [2.24, 2.45) is 0 Å². The quantitative estimate of drug-likeness (QED) is 0.182. The summed E-state index contributed by atoms with van der Waals surface area (Å²) in [5, 5.41) is 0. The molecule has 35 heavy (non-hydrogen) atoms. The van der Waals surface area contributed by atoms with E-state index in [2.05, 4.69) is 100 Å². The van der Waals surface area contributed by atoms with E-state index >= 15 is 4.39 Å². The molecule has 0 amide bonds. The molecule has 3 heteroatoms. The Bertz CT molecular complexity index is 975. The molecule has 0 aromatic heterocycles. The topological polar surface area (TPSA) is 3.24 Å². The molecule has 0 atom stereocenters. The van der Waals surface area contributed by atoms with E-state index in [4.69, 9.17) is 0 Å². The summed E-state index contributed by atoms with van der Waals surface area (Å²) in [6.07, 6.45) is 7.54. The van der Waals surface area contributed by atoms with E-state index in [1.54, 1.807) is 0 Å². The second-order valence-electron chi connectivity index (χ2n) is 10.3. The Morgan fingerprint density at radius 1 is 0.629 bits per heavy atom. The van der Waals surface area contributed by atoms with Gasteiger partial charge in [0.15, 0.2) is 0 Å². The van der Waals surface area contributed by atoms with Crippen LogP contribution in [0, 0.1) is 19.7 Å². The van der Waals surface area contributed by atoms with Gasteiger partial charge in [0.1, 0.15) is 0 Å². The molecule has 0 spiro atoms. The fourth-order valence-electron chi connectivity index (χ4n) is 5.19. The first kappa shape index (κ1) is 27.8. The first-order chi connectivity index (χ1) is 16.9. The minimum absolute atomic E-state index is 0.0887. The number of rotatable bonds is 13. The van der Waals surface area contributed by atoms with Crippen LogP contribution >= 0.6 is 0 Å². The molecule has 188 valence electrons. The van der Waals surface area contributed by atoms with E-state index in [0.717, 1.165) is 11.4 Å². The molecular formula is C32H44FNSn. The fourth-order valence-corrected chi connectivity index (χ4v) is 21.1. The van der Waals surface area contributed by atoms with Gasteiger partial charge < -0.3 is 0 Å². The predicted molar refractivity (Wildman–Crippen MR) is 155 cm³/mol. The van der Waals surface area contributed by atoms with Crippen LogP contribution in [-0.4, -0.2) is 18.4 Å². The summed E-state index contributed by atoms with van der Waals surface area (Å²) in [5.41, 5.74) is 5.03. The van der Waals surface area contributed by atoms with Crippen molar-refractivity contribution in [3.8, 4) is 0 Å². The van der Waals surface area contributed by atoms with Gasteiger partial charge in [-0.2, -0.15) is 0 Å². The molecule has 0 saturated heterocycles. The van der Waals surface area contributed by atoms with Crippen molar-refractivity contribution in [2.75, 3.05) is 4.90 Å². The minimum atomic E-state index is -2.69. The SMILES string of the molecule is CCC[CH2][Sn]([CH2]CCC)([CH2]CCC)[c]1ccc(N(c2ccc(C)cc2)c2ccc(C)cc2)c(F)c1. The van der Waals surface area contributed by atoms with E-state index in [1.807, 2.05) is 6.07 Å². The first-order valence-electron chi connectivity index (χ1n) is 13.7. The molecule has 3 aromatic rings. The summed E-state index contributed by atoms with van der Waals surface area (Å²) in [7, 11) is 0. The second kappa shape index (κ2) is 13.5. The Hall–Kier alpha value is -1.81. The van der Waals surface area contributed by atoms with Gasteiger partial charge in [-0.15, -0.1) is 0 Å². The van der Waals surface area contributed by atoms with E-state index in [9.17, 15) is 0 Å². The molecule has 3 rings (SSSR count). The average Bonchev–Trinajstić information content (AvgIpc) is 2.87. The maximum atomic E-state index is 16.1. The van der Waals surface area contributed by atoms with Crippen LogP contribution in [0.25, 0.3) is 0 Å².